The summed E-state index contributed by atoms with van der Waals surface area (Å²) >= 11 is 0. The van der Waals surface area contributed by atoms with Gasteiger partial charge in [0.25, 0.3) is 0 Å². The van der Waals surface area contributed by atoms with Gasteiger partial charge >= 0.3 is 0 Å². The number of allylic oxidation sites excluding steroid dienone is 6. The molecule has 0 aromatic carbocycles. The van der Waals surface area contributed by atoms with Crippen molar-refractivity contribution in [3.8, 4) is 0 Å². The third-order valence-corrected chi connectivity index (χ3v) is 4.22. The van der Waals surface area contributed by atoms with E-state index in [9.17, 15) is 0 Å². The maximum atomic E-state index is 2.46. The molecule has 2 aliphatic rings. The van der Waals surface area contributed by atoms with Crippen molar-refractivity contribution in [2.75, 3.05) is 0 Å². The lowest BCUT2D eigenvalue weighted by molar-refractivity contribution is 0.273. The van der Waals surface area contributed by atoms with Gasteiger partial charge in [-0.25, -0.2) is 0 Å². The summed E-state index contributed by atoms with van der Waals surface area (Å²) in [7, 11) is 0. The standard InChI is InChI=1S/C16H24/c1-3-14-9-5-6-10-15(13-14)16(2)11-7-4-8-12-16/h6,9-10,13H,3-5,7-8,11-12H2,1-2H3. The molecular formula is C16H24. The van der Waals surface area contributed by atoms with Crippen LogP contribution in [0.2, 0.25) is 0 Å². The van der Waals surface area contributed by atoms with Crippen LogP contribution in [0.25, 0.3) is 0 Å². The molecule has 0 spiro atoms. The minimum atomic E-state index is 0.452. The Labute approximate surface area is 100 Å². The highest BCUT2D eigenvalue weighted by Gasteiger charge is 2.29. The zero-order chi connectivity index (χ0) is 11.4. The van der Waals surface area contributed by atoms with Crippen molar-refractivity contribution in [1.29, 1.82) is 0 Å². The minimum absolute atomic E-state index is 0.452. The maximum absolute atomic E-state index is 2.46. The van der Waals surface area contributed by atoms with Gasteiger partial charge in [-0.3, -0.25) is 0 Å². The molecule has 0 aromatic rings. The SMILES string of the molecule is CCC1=CCC=CC(C2(C)CCCCC2)=C1. The topological polar surface area (TPSA) is 0 Å². The molecule has 0 aliphatic heterocycles. The Morgan fingerprint density at radius 3 is 2.62 bits per heavy atom. The molecule has 0 radical (unpaired) electrons. The second-order valence-electron chi connectivity index (χ2n) is 5.49. The van der Waals surface area contributed by atoms with Crippen molar-refractivity contribution in [1.82, 2.24) is 0 Å². The molecule has 0 atom stereocenters. The molecule has 0 amide bonds. The Kier molecular flexibility index (Phi) is 3.68. The Morgan fingerprint density at radius 1 is 1.19 bits per heavy atom. The monoisotopic (exact) mass is 216 g/mol. The van der Waals surface area contributed by atoms with Crippen LogP contribution in [0.3, 0.4) is 0 Å². The molecule has 0 unspecified atom stereocenters. The third-order valence-electron chi connectivity index (χ3n) is 4.22. The van der Waals surface area contributed by atoms with Crippen molar-refractivity contribution in [2.45, 2.75) is 58.8 Å². The lowest BCUT2D eigenvalue weighted by Crippen LogP contribution is -2.22. The molecule has 2 aliphatic carbocycles. The van der Waals surface area contributed by atoms with E-state index in [-0.39, 0.29) is 0 Å². The highest BCUT2D eigenvalue weighted by Crippen LogP contribution is 2.43. The molecule has 2 rings (SSSR count). The van der Waals surface area contributed by atoms with Gasteiger partial charge in [-0.15, -0.1) is 0 Å². The summed E-state index contributed by atoms with van der Waals surface area (Å²) < 4.78 is 0. The van der Waals surface area contributed by atoms with E-state index in [1.807, 2.05) is 0 Å². The summed E-state index contributed by atoms with van der Waals surface area (Å²) in [5.74, 6) is 0. The highest BCUT2D eigenvalue weighted by atomic mass is 14.3. The normalized spacial score (nSPS) is 24.6. The van der Waals surface area contributed by atoms with Gasteiger partial charge in [0.05, 0.1) is 0 Å². The van der Waals surface area contributed by atoms with Crippen LogP contribution in [0.1, 0.15) is 58.8 Å². The number of hydrogen-bond acceptors (Lipinski definition) is 0. The molecule has 88 valence electrons. The number of hydrogen-bond donors (Lipinski definition) is 0. The van der Waals surface area contributed by atoms with E-state index in [4.69, 9.17) is 0 Å². The van der Waals surface area contributed by atoms with Crippen molar-refractivity contribution in [2.24, 2.45) is 5.41 Å². The zero-order valence-electron chi connectivity index (χ0n) is 10.8. The van der Waals surface area contributed by atoms with Crippen molar-refractivity contribution in [3.63, 3.8) is 0 Å². The molecule has 0 N–H and O–H groups in total. The van der Waals surface area contributed by atoms with Gasteiger partial charge < -0.3 is 0 Å². The quantitative estimate of drug-likeness (QED) is 0.596. The van der Waals surface area contributed by atoms with Gasteiger partial charge in [-0.2, -0.15) is 0 Å². The fourth-order valence-electron chi connectivity index (χ4n) is 2.96. The molecule has 1 fully saturated rings. The molecule has 16 heavy (non-hydrogen) atoms. The van der Waals surface area contributed by atoms with Gasteiger partial charge in [-0.1, -0.05) is 63.0 Å². The predicted octanol–water partition coefficient (Wildman–Crippen LogP) is 5.18. The molecule has 0 aromatic heterocycles. The zero-order valence-corrected chi connectivity index (χ0v) is 10.8. The van der Waals surface area contributed by atoms with Crippen LogP contribution >= 0.6 is 0 Å². The smallest absolute Gasteiger partial charge is 0.00753 e. The van der Waals surface area contributed by atoms with Crippen LogP contribution in [-0.2, 0) is 0 Å². The lowest BCUT2D eigenvalue weighted by Gasteiger charge is -2.35. The van der Waals surface area contributed by atoms with E-state index in [1.165, 1.54) is 44.1 Å². The summed E-state index contributed by atoms with van der Waals surface area (Å²) in [6.07, 6.45) is 18.8. The second-order valence-corrected chi connectivity index (χ2v) is 5.49. The van der Waals surface area contributed by atoms with Gasteiger partial charge in [0.2, 0.25) is 0 Å². The van der Waals surface area contributed by atoms with Crippen LogP contribution in [0, 0.1) is 5.41 Å². The second kappa shape index (κ2) is 5.03. The average Bonchev–Trinajstić information content (AvgIpc) is 2.55. The van der Waals surface area contributed by atoms with E-state index < -0.39 is 0 Å². The molecule has 0 saturated heterocycles. The Morgan fingerprint density at radius 2 is 1.94 bits per heavy atom. The van der Waals surface area contributed by atoms with Crippen LogP contribution in [0.5, 0.6) is 0 Å². The van der Waals surface area contributed by atoms with E-state index in [0.717, 1.165) is 6.42 Å². The van der Waals surface area contributed by atoms with E-state index in [1.54, 1.807) is 5.57 Å². The summed E-state index contributed by atoms with van der Waals surface area (Å²) in [4.78, 5) is 0. The lowest BCUT2D eigenvalue weighted by atomic mass is 9.70. The maximum Gasteiger partial charge on any atom is -0.00753 e. The predicted molar refractivity (Wildman–Crippen MR) is 71.4 cm³/mol. The van der Waals surface area contributed by atoms with Crippen molar-refractivity contribution in [3.05, 3.63) is 35.5 Å². The van der Waals surface area contributed by atoms with E-state index >= 15 is 0 Å². The first-order valence-electron chi connectivity index (χ1n) is 6.82. The fraction of sp³-hybridized carbons (Fsp3) is 0.625. The van der Waals surface area contributed by atoms with Crippen LogP contribution < -0.4 is 0 Å². The van der Waals surface area contributed by atoms with Crippen molar-refractivity contribution < 1.29 is 0 Å². The summed E-state index contributed by atoms with van der Waals surface area (Å²) in [5.41, 5.74) is 3.55. The van der Waals surface area contributed by atoms with Gasteiger partial charge in [0, 0.05) is 0 Å². The molecular weight excluding hydrogens is 192 g/mol. The van der Waals surface area contributed by atoms with E-state index in [0.29, 0.717) is 5.41 Å². The van der Waals surface area contributed by atoms with Crippen LogP contribution in [-0.4, -0.2) is 0 Å². The first-order chi connectivity index (χ1) is 7.74. The van der Waals surface area contributed by atoms with Crippen LogP contribution in [0.4, 0.5) is 0 Å². The van der Waals surface area contributed by atoms with E-state index in [2.05, 4.69) is 38.2 Å². The molecule has 0 nitrogen and oxygen atoms in total. The summed E-state index contributed by atoms with van der Waals surface area (Å²) in [5, 5.41) is 0. The van der Waals surface area contributed by atoms with Gasteiger partial charge in [-0.05, 0) is 36.7 Å². The summed E-state index contributed by atoms with van der Waals surface area (Å²) in [6, 6.07) is 0. The van der Waals surface area contributed by atoms with Crippen molar-refractivity contribution >= 4 is 0 Å². The molecule has 1 saturated carbocycles. The summed E-state index contributed by atoms with van der Waals surface area (Å²) in [6.45, 7) is 4.72. The largest absolute Gasteiger partial charge is 0.0804 e. The first-order valence-corrected chi connectivity index (χ1v) is 6.82. The van der Waals surface area contributed by atoms with Gasteiger partial charge in [0.15, 0.2) is 0 Å². The third kappa shape index (κ3) is 2.48. The van der Waals surface area contributed by atoms with Gasteiger partial charge in [0.1, 0.15) is 0 Å². The fourth-order valence-corrected chi connectivity index (χ4v) is 2.96. The average molecular weight is 216 g/mol. The number of rotatable bonds is 2. The molecule has 0 bridgehead atoms. The Hall–Kier alpha value is -0.780. The highest BCUT2D eigenvalue weighted by molar-refractivity contribution is 5.37. The van der Waals surface area contributed by atoms with Crippen LogP contribution in [0.15, 0.2) is 35.5 Å². The minimum Gasteiger partial charge on any atom is -0.0804 e. The molecule has 0 heterocycles. The Balaban J connectivity index is 2.23. The molecule has 0 heteroatoms. The first kappa shape index (κ1) is 11.7. The Bertz CT molecular complexity index is 322.